The number of carboxylic acids is 1. The van der Waals surface area contributed by atoms with Gasteiger partial charge in [-0.2, -0.15) is 0 Å². The van der Waals surface area contributed by atoms with E-state index in [1.54, 1.807) is 0 Å². The number of H-pyrrole nitrogens is 1. The molecule has 0 amide bonds. The predicted octanol–water partition coefficient (Wildman–Crippen LogP) is -3.91. The van der Waals surface area contributed by atoms with Crippen LogP contribution in [0, 0.1) is 0 Å². The SMILES string of the molecule is O=C([O-])c1[nH]ccc1O.[Na+]. The second kappa shape index (κ2) is 3.65. The van der Waals surface area contributed by atoms with Crippen LogP contribution in [0.5, 0.6) is 5.75 Å². The van der Waals surface area contributed by atoms with Gasteiger partial charge in [0, 0.05) is 6.20 Å². The zero-order chi connectivity index (χ0) is 6.85. The van der Waals surface area contributed by atoms with Crippen molar-refractivity contribution in [2.75, 3.05) is 0 Å². The Morgan fingerprint density at radius 2 is 2.30 bits per heavy atom. The molecule has 0 saturated carbocycles. The number of carbonyl (C=O) groups excluding carboxylic acids is 1. The minimum Gasteiger partial charge on any atom is -0.543 e. The molecule has 1 rings (SSSR count). The number of rotatable bonds is 1. The van der Waals surface area contributed by atoms with Gasteiger partial charge < -0.3 is 20.0 Å². The molecule has 0 aliphatic heterocycles. The summed E-state index contributed by atoms with van der Waals surface area (Å²) >= 11 is 0. The van der Waals surface area contributed by atoms with E-state index in [1.807, 2.05) is 0 Å². The zero-order valence-electron chi connectivity index (χ0n) is 5.42. The van der Waals surface area contributed by atoms with E-state index in [4.69, 9.17) is 5.11 Å². The first-order chi connectivity index (χ1) is 4.22. The van der Waals surface area contributed by atoms with Gasteiger partial charge in [-0.1, -0.05) is 0 Å². The molecule has 5 heteroatoms. The van der Waals surface area contributed by atoms with Gasteiger partial charge >= 0.3 is 29.6 Å². The van der Waals surface area contributed by atoms with Gasteiger partial charge in [-0.3, -0.25) is 0 Å². The van der Waals surface area contributed by atoms with Crippen LogP contribution in [0.3, 0.4) is 0 Å². The van der Waals surface area contributed by atoms with Crippen molar-refractivity contribution in [2.45, 2.75) is 0 Å². The summed E-state index contributed by atoms with van der Waals surface area (Å²) in [5.41, 5.74) is -0.282. The van der Waals surface area contributed by atoms with Gasteiger partial charge in [-0.15, -0.1) is 0 Å². The monoisotopic (exact) mass is 149 g/mol. The van der Waals surface area contributed by atoms with Crippen LogP contribution in [0.4, 0.5) is 0 Å². The van der Waals surface area contributed by atoms with Gasteiger partial charge in [0.1, 0.15) is 11.4 Å². The maximum absolute atomic E-state index is 9.98. The number of nitrogens with one attached hydrogen (secondary N) is 1. The van der Waals surface area contributed by atoms with Gasteiger partial charge in [0.05, 0.1) is 5.97 Å². The number of aromatic hydroxyl groups is 1. The fraction of sp³-hybridized carbons (Fsp3) is 0. The van der Waals surface area contributed by atoms with Crippen LogP contribution in [0.1, 0.15) is 10.5 Å². The molecule has 10 heavy (non-hydrogen) atoms. The molecule has 0 spiro atoms. The Bertz CT molecular complexity index is 233. The Labute approximate surface area is 79.2 Å². The second-order valence-electron chi connectivity index (χ2n) is 1.53. The summed E-state index contributed by atoms with van der Waals surface area (Å²) in [6.45, 7) is 0. The number of hydrogen-bond donors (Lipinski definition) is 2. The minimum absolute atomic E-state index is 0. The summed E-state index contributed by atoms with van der Waals surface area (Å²) in [5, 5.41) is 18.6. The van der Waals surface area contributed by atoms with E-state index in [9.17, 15) is 9.90 Å². The number of carboxylic acid groups (broad SMARTS) is 1. The molecule has 0 radical (unpaired) electrons. The normalized spacial score (nSPS) is 8.40. The van der Waals surface area contributed by atoms with Gasteiger partial charge in [-0.25, -0.2) is 0 Å². The first kappa shape index (κ1) is 9.55. The second-order valence-corrected chi connectivity index (χ2v) is 1.53. The van der Waals surface area contributed by atoms with Crippen LogP contribution in [0.2, 0.25) is 0 Å². The molecule has 1 heterocycles. The van der Waals surface area contributed by atoms with Crippen molar-refractivity contribution in [2.24, 2.45) is 0 Å². The summed E-state index contributed by atoms with van der Waals surface area (Å²) in [6, 6.07) is 1.24. The zero-order valence-corrected chi connectivity index (χ0v) is 7.42. The van der Waals surface area contributed by atoms with Crippen LogP contribution < -0.4 is 34.7 Å². The van der Waals surface area contributed by atoms with E-state index >= 15 is 0 Å². The van der Waals surface area contributed by atoms with Crippen LogP contribution in [0.25, 0.3) is 0 Å². The van der Waals surface area contributed by atoms with Crippen molar-refractivity contribution < 1.29 is 44.6 Å². The fourth-order valence-electron chi connectivity index (χ4n) is 0.525. The first-order valence-corrected chi connectivity index (χ1v) is 2.29. The van der Waals surface area contributed by atoms with Gasteiger partial charge in [0.2, 0.25) is 0 Å². The van der Waals surface area contributed by atoms with Crippen LogP contribution >= 0.6 is 0 Å². The number of hydrogen-bond acceptors (Lipinski definition) is 3. The molecule has 1 aromatic heterocycles. The molecule has 1 aromatic rings. The third kappa shape index (κ3) is 1.76. The summed E-state index contributed by atoms with van der Waals surface area (Å²) in [5.74, 6) is -1.70. The molecule has 0 atom stereocenters. The van der Waals surface area contributed by atoms with Crippen LogP contribution in [-0.2, 0) is 0 Å². The summed E-state index contributed by atoms with van der Waals surface area (Å²) in [4.78, 5) is 12.3. The average molecular weight is 149 g/mol. The van der Waals surface area contributed by atoms with Crippen LogP contribution in [0.15, 0.2) is 12.3 Å². The molecule has 4 nitrogen and oxygen atoms in total. The summed E-state index contributed by atoms with van der Waals surface area (Å²) in [7, 11) is 0. The van der Waals surface area contributed by atoms with E-state index in [-0.39, 0.29) is 41.0 Å². The Balaban J connectivity index is 0.000000810. The third-order valence-corrected chi connectivity index (χ3v) is 0.929. The Kier molecular flexibility index (Phi) is 3.49. The molecule has 0 aliphatic carbocycles. The number of aromatic nitrogens is 1. The van der Waals surface area contributed by atoms with Crippen molar-refractivity contribution in [3.63, 3.8) is 0 Å². The Morgan fingerprint density at radius 3 is 2.50 bits per heavy atom. The smallest absolute Gasteiger partial charge is 0.543 e. The quantitative estimate of drug-likeness (QED) is 0.400. The fourth-order valence-corrected chi connectivity index (χ4v) is 0.525. The van der Waals surface area contributed by atoms with E-state index in [1.165, 1.54) is 12.3 Å². The van der Waals surface area contributed by atoms with Crippen LogP contribution in [-0.4, -0.2) is 16.1 Å². The molecule has 0 bridgehead atoms. The standard InChI is InChI=1S/C5H5NO3.Na/c7-3-1-2-6-4(3)5(8)9;/h1-2,6-7H,(H,8,9);/q;+1/p-1. The number of carbonyl (C=O) groups is 1. The summed E-state index contributed by atoms with van der Waals surface area (Å²) in [6.07, 6.45) is 1.32. The predicted molar refractivity (Wildman–Crippen MR) is 26.8 cm³/mol. The van der Waals surface area contributed by atoms with E-state index in [0.29, 0.717) is 0 Å². The average Bonchev–Trinajstić information content (AvgIpc) is 2.13. The number of aromatic amines is 1. The van der Waals surface area contributed by atoms with Crippen molar-refractivity contribution in [3.05, 3.63) is 18.0 Å². The molecular formula is C5H4NNaO3. The largest absolute Gasteiger partial charge is 1.00 e. The van der Waals surface area contributed by atoms with Crippen molar-refractivity contribution >= 4 is 5.97 Å². The van der Waals surface area contributed by atoms with Crippen molar-refractivity contribution in [1.82, 2.24) is 4.98 Å². The summed E-state index contributed by atoms with van der Waals surface area (Å²) < 4.78 is 0. The Hall–Kier alpha value is -0.450. The molecule has 2 N–H and O–H groups in total. The molecule has 48 valence electrons. The molecule has 0 fully saturated rings. The Morgan fingerprint density at radius 1 is 1.70 bits per heavy atom. The van der Waals surface area contributed by atoms with Gasteiger partial charge in [0.25, 0.3) is 0 Å². The maximum Gasteiger partial charge on any atom is 1.00 e. The molecule has 0 unspecified atom stereocenters. The third-order valence-electron chi connectivity index (χ3n) is 0.929. The minimum atomic E-state index is -1.41. The van der Waals surface area contributed by atoms with E-state index < -0.39 is 5.97 Å². The maximum atomic E-state index is 9.98. The molecule has 0 aliphatic rings. The van der Waals surface area contributed by atoms with Gasteiger partial charge in [0.15, 0.2) is 0 Å². The molecule has 0 aromatic carbocycles. The van der Waals surface area contributed by atoms with Gasteiger partial charge in [-0.05, 0) is 6.07 Å². The van der Waals surface area contributed by atoms with Crippen molar-refractivity contribution in [3.8, 4) is 5.75 Å². The topological polar surface area (TPSA) is 76.1 Å². The number of aromatic carboxylic acids is 1. The van der Waals surface area contributed by atoms with E-state index in [2.05, 4.69) is 4.98 Å². The molecule has 0 saturated heterocycles. The van der Waals surface area contributed by atoms with Crippen molar-refractivity contribution in [1.29, 1.82) is 0 Å². The van der Waals surface area contributed by atoms with E-state index in [0.717, 1.165) is 0 Å². The first-order valence-electron chi connectivity index (χ1n) is 2.29. The molecular weight excluding hydrogens is 145 g/mol.